The molecule has 0 aromatic rings. The summed E-state index contributed by atoms with van der Waals surface area (Å²) in [5.74, 6) is 0. The van der Waals surface area contributed by atoms with Gasteiger partial charge < -0.3 is 10.6 Å². The van der Waals surface area contributed by atoms with Crippen LogP contribution in [0.15, 0.2) is 0 Å². The predicted molar refractivity (Wildman–Crippen MR) is 35.5 cm³/mol. The van der Waals surface area contributed by atoms with E-state index in [1.165, 1.54) is 0 Å². The smallest absolute Gasteiger partial charge is 0.00772 e. The monoisotopic (exact) mass is 142 g/mol. The van der Waals surface area contributed by atoms with Crippen LogP contribution in [0.3, 0.4) is 0 Å². The average Bonchev–Trinajstić information content (AvgIpc) is 1.72. The second kappa shape index (κ2) is 7.14. The van der Waals surface area contributed by atoms with Gasteiger partial charge in [0.25, 0.3) is 0 Å². The Hall–Kier alpha value is 0.140. The SMILES string of the molecule is C1CNCCN1.Cl.F. The van der Waals surface area contributed by atoms with Gasteiger partial charge in [0.15, 0.2) is 0 Å². The van der Waals surface area contributed by atoms with E-state index >= 15 is 0 Å². The van der Waals surface area contributed by atoms with Crippen LogP contribution in [0, 0.1) is 0 Å². The summed E-state index contributed by atoms with van der Waals surface area (Å²) in [6.45, 7) is 4.56. The van der Waals surface area contributed by atoms with Crippen molar-refractivity contribution in [1.82, 2.24) is 10.6 Å². The van der Waals surface area contributed by atoms with Crippen molar-refractivity contribution in [2.24, 2.45) is 0 Å². The van der Waals surface area contributed by atoms with Crippen molar-refractivity contribution in [3.63, 3.8) is 0 Å². The van der Waals surface area contributed by atoms with Crippen LogP contribution in [0.25, 0.3) is 0 Å². The van der Waals surface area contributed by atoms with E-state index in [2.05, 4.69) is 10.6 Å². The summed E-state index contributed by atoms with van der Waals surface area (Å²) in [5.41, 5.74) is 0. The molecule has 0 spiro atoms. The summed E-state index contributed by atoms with van der Waals surface area (Å²) < 4.78 is 0. The van der Waals surface area contributed by atoms with Crippen molar-refractivity contribution < 1.29 is 4.70 Å². The van der Waals surface area contributed by atoms with Gasteiger partial charge in [-0.25, -0.2) is 0 Å². The molecule has 1 saturated heterocycles. The van der Waals surface area contributed by atoms with Crippen molar-refractivity contribution in [2.75, 3.05) is 26.2 Å². The normalized spacial score (nSPS) is 18.0. The molecule has 0 aromatic carbocycles. The first-order valence-electron chi connectivity index (χ1n) is 2.41. The minimum atomic E-state index is 0. The molecule has 0 aliphatic carbocycles. The Kier molecular flexibility index (Phi) is 9.82. The molecular weight excluding hydrogens is 131 g/mol. The Bertz CT molecular complexity index is 29.5. The number of nitrogens with one attached hydrogen (secondary N) is 2. The molecule has 1 heterocycles. The Labute approximate surface area is 54.8 Å². The maximum atomic E-state index is 3.22. The predicted octanol–water partition coefficient (Wildman–Crippen LogP) is -0.246. The number of hydrogen-bond acceptors (Lipinski definition) is 2. The quantitative estimate of drug-likeness (QED) is 0.488. The lowest BCUT2D eigenvalue weighted by atomic mass is 10.4. The molecule has 0 unspecified atom stereocenters. The highest BCUT2D eigenvalue weighted by atomic mass is 35.5. The Balaban J connectivity index is 0. The van der Waals surface area contributed by atoms with E-state index < -0.39 is 0 Å². The van der Waals surface area contributed by atoms with E-state index in [-0.39, 0.29) is 17.1 Å². The van der Waals surface area contributed by atoms with Crippen molar-refractivity contribution in [3.8, 4) is 0 Å². The number of piperazine rings is 1. The lowest BCUT2D eigenvalue weighted by Gasteiger charge is -2.11. The Morgan fingerprint density at radius 3 is 1.12 bits per heavy atom. The highest BCUT2D eigenvalue weighted by molar-refractivity contribution is 5.85. The molecule has 1 aliphatic heterocycles. The zero-order valence-corrected chi connectivity index (χ0v) is 5.46. The third-order valence-corrected chi connectivity index (χ3v) is 0.957. The van der Waals surface area contributed by atoms with Crippen LogP contribution in [0.5, 0.6) is 0 Å². The molecule has 1 rings (SSSR count). The molecule has 0 radical (unpaired) electrons. The van der Waals surface area contributed by atoms with Crippen molar-refractivity contribution in [1.29, 1.82) is 0 Å². The van der Waals surface area contributed by atoms with Crippen LogP contribution in [-0.2, 0) is 0 Å². The average molecular weight is 143 g/mol. The standard InChI is InChI=1S/C4H10N2.ClH.FH/c1-2-6-4-3-5-1;;/h5-6H,1-4H2;2*1H. The molecule has 8 heavy (non-hydrogen) atoms. The van der Waals surface area contributed by atoms with Crippen molar-refractivity contribution in [2.45, 2.75) is 0 Å². The van der Waals surface area contributed by atoms with Gasteiger partial charge in [-0.05, 0) is 0 Å². The van der Waals surface area contributed by atoms with Gasteiger partial charge in [0, 0.05) is 26.2 Å². The number of rotatable bonds is 0. The second-order valence-corrected chi connectivity index (χ2v) is 1.50. The highest BCUT2D eigenvalue weighted by Crippen LogP contribution is 1.65. The fraction of sp³-hybridized carbons (Fsp3) is 1.00. The van der Waals surface area contributed by atoms with Crippen LogP contribution < -0.4 is 10.6 Å². The molecule has 52 valence electrons. The second-order valence-electron chi connectivity index (χ2n) is 1.50. The third kappa shape index (κ3) is 4.30. The zero-order chi connectivity index (χ0) is 4.24. The van der Waals surface area contributed by atoms with Gasteiger partial charge in [-0.15, -0.1) is 12.4 Å². The summed E-state index contributed by atoms with van der Waals surface area (Å²) in [5, 5.41) is 6.44. The van der Waals surface area contributed by atoms with Crippen LogP contribution in [0.4, 0.5) is 4.70 Å². The van der Waals surface area contributed by atoms with E-state index in [1.54, 1.807) is 0 Å². The minimum absolute atomic E-state index is 0. The molecule has 0 amide bonds. The summed E-state index contributed by atoms with van der Waals surface area (Å²) in [7, 11) is 0. The minimum Gasteiger partial charge on any atom is -0.314 e. The summed E-state index contributed by atoms with van der Waals surface area (Å²) in [4.78, 5) is 0. The third-order valence-electron chi connectivity index (χ3n) is 0.957. The van der Waals surface area contributed by atoms with Gasteiger partial charge in [0.2, 0.25) is 0 Å². The van der Waals surface area contributed by atoms with E-state index in [0.717, 1.165) is 26.2 Å². The van der Waals surface area contributed by atoms with Gasteiger partial charge in [-0.3, -0.25) is 4.70 Å². The van der Waals surface area contributed by atoms with Gasteiger partial charge in [-0.1, -0.05) is 0 Å². The first-order valence-corrected chi connectivity index (χ1v) is 2.41. The molecule has 0 saturated carbocycles. The molecule has 2 nitrogen and oxygen atoms in total. The fourth-order valence-electron chi connectivity index (χ4n) is 0.604. The topological polar surface area (TPSA) is 24.1 Å². The molecular formula is C4H12ClFN2. The van der Waals surface area contributed by atoms with Crippen molar-refractivity contribution in [3.05, 3.63) is 0 Å². The molecule has 4 heteroatoms. The Morgan fingerprint density at radius 2 is 1.00 bits per heavy atom. The number of hydrogen-bond donors (Lipinski definition) is 2. The lowest BCUT2D eigenvalue weighted by molar-refractivity contribution is 0.534. The first kappa shape index (κ1) is 11.0. The van der Waals surface area contributed by atoms with Gasteiger partial charge in [0.1, 0.15) is 0 Å². The number of halogens is 2. The summed E-state index contributed by atoms with van der Waals surface area (Å²) in [6.07, 6.45) is 0. The van der Waals surface area contributed by atoms with Crippen LogP contribution in [0.2, 0.25) is 0 Å². The maximum Gasteiger partial charge on any atom is 0.00772 e. The lowest BCUT2D eigenvalue weighted by Crippen LogP contribution is -2.39. The molecule has 2 N–H and O–H groups in total. The van der Waals surface area contributed by atoms with Gasteiger partial charge in [0.05, 0.1) is 0 Å². The zero-order valence-electron chi connectivity index (χ0n) is 4.64. The molecule has 0 bridgehead atoms. The maximum absolute atomic E-state index is 3.22. The molecule has 1 fully saturated rings. The van der Waals surface area contributed by atoms with Crippen molar-refractivity contribution >= 4 is 12.4 Å². The van der Waals surface area contributed by atoms with E-state index in [1.807, 2.05) is 0 Å². The first-order chi connectivity index (χ1) is 3.00. The van der Waals surface area contributed by atoms with E-state index in [4.69, 9.17) is 0 Å². The van der Waals surface area contributed by atoms with E-state index in [0.29, 0.717) is 0 Å². The largest absolute Gasteiger partial charge is 0.314 e. The Morgan fingerprint density at radius 1 is 0.750 bits per heavy atom. The summed E-state index contributed by atoms with van der Waals surface area (Å²) >= 11 is 0. The highest BCUT2D eigenvalue weighted by Gasteiger charge is 1.91. The van der Waals surface area contributed by atoms with Gasteiger partial charge in [-0.2, -0.15) is 0 Å². The van der Waals surface area contributed by atoms with E-state index in [9.17, 15) is 0 Å². The van der Waals surface area contributed by atoms with Gasteiger partial charge >= 0.3 is 0 Å². The van der Waals surface area contributed by atoms with Crippen LogP contribution in [-0.4, -0.2) is 26.2 Å². The summed E-state index contributed by atoms with van der Waals surface area (Å²) in [6, 6.07) is 0. The molecule has 0 aromatic heterocycles. The van der Waals surface area contributed by atoms with Crippen LogP contribution in [0.1, 0.15) is 0 Å². The van der Waals surface area contributed by atoms with Crippen LogP contribution >= 0.6 is 12.4 Å². The fourth-order valence-corrected chi connectivity index (χ4v) is 0.604. The molecule has 1 aliphatic rings. The molecule has 0 atom stereocenters.